The highest BCUT2D eigenvalue weighted by atomic mass is 15.2. The number of nitrogens with one attached hydrogen (secondary N) is 1. The molecule has 2 aromatic rings. The number of rotatable bonds is 5. The largest absolute Gasteiger partial charge is 0.313 e. The van der Waals surface area contributed by atoms with Gasteiger partial charge in [-0.2, -0.15) is 5.10 Å². The lowest BCUT2D eigenvalue weighted by molar-refractivity contribution is 0.275. The van der Waals surface area contributed by atoms with Gasteiger partial charge in [0.25, 0.3) is 0 Å². The van der Waals surface area contributed by atoms with Crippen molar-refractivity contribution in [2.45, 2.75) is 52.5 Å². The molecular formula is C17H26N4. The molecule has 1 aliphatic rings. The van der Waals surface area contributed by atoms with E-state index in [1.807, 2.05) is 23.7 Å². The molecule has 0 unspecified atom stereocenters. The second kappa shape index (κ2) is 6.56. The number of nitrogens with zero attached hydrogens (tertiary/aromatic N) is 3. The molecule has 1 N–H and O–H groups in total. The van der Waals surface area contributed by atoms with Crippen molar-refractivity contribution in [3.05, 3.63) is 29.7 Å². The lowest BCUT2D eigenvalue weighted by atomic mass is 9.81. The molecule has 0 aromatic carbocycles. The summed E-state index contributed by atoms with van der Waals surface area (Å²) in [6, 6.07) is 2.00. The van der Waals surface area contributed by atoms with Crippen LogP contribution in [0.25, 0.3) is 5.65 Å². The lowest BCUT2D eigenvalue weighted by Crippen LogP contribution is -2.20. The Kier molecular flexibility index (Phi) is 4.54. The molecule has 4 heteroatoms. The Morgan fingerprint density at radius 1 is 1.29 bits per heavy atom. The van der Waals surface area contributed by atoms with Gasteiger partial charge in [0.2, 0.25) is 0 Å². The summed E-state index contributed by atoms with van der Waals surface area (Å²) in [5.74, 6) is 1.88. The first-order valence-corrected chi connectivity index (χ1v) is 8.22. The Hall–Kier alpha value is -1.42. The highest BCUT2D eigenvalue weighted by Crippen LogP contribution is 2.29. The van der Waals surface area contributed by atoms with Crippen molar-refractivity contribution in [3.8, 4) is 0 Å². The summed E-state index contributed by atoms with van der Waals surface area (Å²) in [5, 5.41) is 7.96. The first kappa shape index (κ1) is 14.5. The van der Waals surface area contributed by atoms with E-state index in [2.05, 4.69) is 28.5 Å². The van der Waals surface area contributed by atoms with Gasteiger partial charge in [-0.3, -0.25) is 0 Å². The Bertz CT molecular complexity index is 581. The quantitative estimate of drug-likeness (QED) is 0.857. The zero-order valence-electron chi connectivity index (χ0n) is 13.2. The fraction of sp³-hybridized carbons (Fsp3) is 0.647. The molecule has 4 nitrogen and oxygen atoms in total. The summed E-state index contributed by atoms with van der Waals surface area (Å²) < 4.78 is 1.87. The monoisotopic (exact) mass is 286 g/mol. The predicted octanol–water partition coefficient (Wildman–Crippen LogP) is 3.34. The van der Waals surface area contributed by atoms with Gasteiger partial charge in [-0.25, -0.2) is 9.50 Å². The molecule has 114 valence electrons. The zero-order chi connectivity index (χ0) is 14.7. The second-order valence-corrected chi connectivity index (χ2v) is 6.64. The van der Waals surface area contributed by atoms with Crippen LogP contribution in [0.2, 0.25) is 0 Å². The topological polar surface area (TPSA) is 42.2 Å². The third-order valence-corrected chi connectivity index (χ3v) is 4.68. The van der Waals surface area contributed by atoms with Gasteiger partial charge in [0.05, 0.1) is 5.69 Å². The standard InChI is InChI=1S/C17H26N4/c1-13-3-5-15(6-4-13)7-8-18-10-16-11-19-17-9-14(2)20-21(17)12-16/h9,11-13,15,18H,3-8,10H2,1-2H3. The van der Waals surface area contributed by atoms with Crippen molar-refractivity contribution < 1.29 is 0 Å². The molecule has 0 saturated heterocycles. The van der Waals surface area contributed by atoms with Crippen LogP contribution in [0.1, 0.15) is 50.3 Å². The van der Waals surface area contributed by atoms with Crippen LogP contribution in [0, 0.1) is 18.8 Å². The molecule has 1 aliphatic carbocycles. The molecule has 3 rings (SSSR count). The van der Waals surface area contributed by atoms with Gasteiger partial charge in [-0.1, -0.05) is 32.6 Å². The van der Waals surface area contributed by atoms with Crippen LogP contribution in [0.5, 0.6) is 0 Å². The Morgan fingerprint density at radius 2 is 2.10 bits per heavy atom. The Morgan fingerprint density at radius 3 is 2.90 bits per heavy atom. The molecule has 0 aliphatic heterocycles. The number of aryl methyl sites for hydroxylation is 1. The van der Waals surface area contributed by atoms with Crippen LogP contribution in [-0.4, -0.2) is 21.1 Å². The molecule has 0 atom stereocenters. The fourth-order valence-corrected chi connectivity index (χ4v) is 3.28. The van der Waals surface area contributed by atoms with Crippen LogP contribution in [0.4, 0.5) is 0 Å². The van der Waals surface area contributed by atoms with Crippen molar-refractivity contribution in [1.29, 1.82) is 0 Å². The molecule has 0 amide bonds. The highest BCUT2D eigenvalue weighted by molar-refractivity contribution is 5.38. The average Bonchev–Trinajstić information content (AvgIpc) is 2.85. The van der Waals surface area contributed by atoms with Gasteiger partial charge in [-0.15, -0.1) is 0 Å². The predicted molar refractivity (Wildman–Crippen MR) is 85.2 cm³/mol. The van der Waals surface area contributed by atoms with Gasteiger partial charge in [0.1, 0.15) is 0 Å². The fourth-order valence-electron chi connectivity index (χ4n) is 3.28. The van der Waals surface area contributed by atoms with Gasteiger partial charge in [0, 0.05) is 30.6 Å². The summed E-state index contributed by atoms with van der Waals surface area (Å²) in [4.78, 5) is 4.44. The maximum atomic E-state index is 4.44. The van der Waals surface area contributed by atoms with E-state index >= 15 is 0 Å². The van der Waals surface area contributed by atoms with E-state index < -0.39 is 0 Å². The Balaban J connectivity index is 1.44. The second-order valence-electron chi connectivity index (χ2n) is 6.64. The minimum Gasteiger partial charge on any atom is -0.313 e. The molecule has 0 radical (unpaired) electrons. The molecule has 1 fully saturated rings. The van der Waals surface area contributed by atoms with E-state index in [0.29, 0.717) is 0 Å². The van der Waals surface area contributed by atoms with E-state index in [-0.39, 0.29) is 0 Å². The number of hydrogen-bond acceptors (Lipinski definition) is 3. The molecule has 0 spiro atoms. The highest BCUT2D eigenvalue weighted by Gasteiger charge is 2.17. The van der Waals surface area contributed by atoms with Crippen LogP contribution in [-0.2, 0) is 6.54 Å². The van der Waals surface area contributed by atoms with Crippen molar-refractivity contribution >= 4 is 5.65 Å². The molecule has 2 aromatic heterocycles. The third kappa shape index (κ3) is 3.82. The summed E-state index contributed by atoms with van der Waals surface area (Å²) in [7, 11) is 0. The zero-order valence-corrected chi connectivity index (χ0v) is 13.2. The minimum atomic E-state index is 0.880. The summed E-state index contributed by atoms with van der Waals surface area (Å²) >= 11 is 0. The molecule has 2 heterocycles. The van der Waals surface area contributed by atoms with E-state index in [1.165, 1.54) is 37.7 Å². The average molecular weight is 286 g/mol. The van der Waals surface area contributed by atoms with Crippen LogP contribution in [0.15, 0.2) is 18.5 Å². The van der Waals surface area contributed by atoms with Crippen molar-refractivity contribution in [1.82, 2.24) is 19.9 Å². The Labute approximate surface area is 127 Å². The van der Waals surface area contributed by atoms with Crippen LogP contribution in [0.3, 0.4) is 0 Å². The molecular weight excluding hydrogens is 260 g/mol. The molecule has 21 heavy (non-hydrogen) atoms. The minimum absolute atomic E-state index is 0.880. The summed E-state index contributed by atoms with van der Waals surface area (Å²) in [6.07, 6.45) is 11.0. The number of hydrogen-bond donors (Lipinski definition) is 1. The van der Waals surface area contributed by atoms with Crippen molar-refractivity contribution in [3.63, 3.8) is 0 Å². The van der Waals surface area contributed by atoms with Crippen LogP contribution >= 0.6 is 0 Å². The van der Waals surface area contributed by atoms with E-state index in [4.69, 9.17) is 0 Å². The van der Waals surface area contributed by atoms with E-state index in [0.717, 1.165) is 36.3 Å². The first-order valence-electron chi connectivity index (χ1n) is 8.22. The van der Waals surface area contributed by atoms with Gasteiger partial charge in [-0.05, 0) is 31.7 Å². The normalized spacial score (nSPS) is 22.8. The first-order chi connectivity index (χ1) is 10.2. The van der Waals surface area contributed by atoms with Gasteiger partial charge in [0.15, 0.2) is 5.65 Å². The van der Waals surface area contributed by atoms with Crippen molar-refractivity contribution in [2.24, 2.45) is 11.8 Å². The third-order valence-electron chi connectivity index (χ3n) is 4.68. The number of fused-ring (bicyclic) bond motifs is 1. The van der Waals surface area contributed by atoms with Gasteiger partial charge < -0.3 is 5.32 Å². The SMILES string of the molecule is Cc1cc2ncc(CNCCC3CCC(C)CC3)cn2n1. The van der Waals surface area contributed by atoms with E-state index in [9.17, 15) is 0 Å². The lowest BCUT2D eigenvalue weighted by Gasteiger charge is -2.26. The van der Waals surface area contributed by atoms with Gasteiger partial charge >= 0.3 is 0 Å². The summed E-state index contributed by atoms with van der Waals surface area (Å²) in [6.45, 7) is 6.37. The van der Waals surface area contributed by atoms with Crippen molar-refractivity contribution in [2.75, 3.05) is 6.54 Å². The van der Waals surface area contributed by atoms with E-state index in [1.54, 1.807) is 0 Å². The molecule has 0 bridgehead atoms. The summed E-state index contributed by atoms with van der Waals surface area (Å²) in [5.41, 5.74) is 3.13. The molecule has 1 saturated carbocycles. The maximum Gasteiger partial charge on any atom is 0.155 e. The van der Waals surface area contributed by atoms with Crippen LogP contribution < -0.4 is 5.32 Å². The number of aromatic nitrogens is 3. The maximum absolute atomic E-state index is 4.44. The smallest absolute Gasteiger partial charge is 0.155 e.